The van der Waals surface area contributed by atoms with Gasteiger partial charge in [-0.15, -0.1) is 0 Å². The van der Waals surface area contributed by atoms with Crippen molar-refractivity contribution < 1.29 is 4.39 Å². The van der Waals surface area contributed by atoms with Crippen LogP contribution in [-0.4, -0.2) is 5.11 Å². The first-order valence-corrected chi connectivity index (χ1v) is 9.01. The lowest BCUT2D eigenvalue weighted by Crippen LogP contribution is -2.32. The molecule has 0 saturated carbocycles. The van der Waals surface area contributed by atoms with Crippen molar-refractivity contribution in [2.24, 2.45) is 0 Å². The van der Waals surface area contributed by atoms with Crippen LogP contribution in [0, 0.1) is 5.82 Å². The molecule has 0 amide bonds. The molecule has 0 unspecified atom stereocenters. The number of fused-ring (bicyclic) bond motifs is 1. The van der Waals surface area contributed by atoms with E-state index >= 15 is 0 Å². The van der Waals surface area contributed by atoms with Crippen LogP contribution >= 0.6 is 12.2 Å². The fraction of sp³-hybridized carbons (Fsp3) is 0.350. The van der Waals surface area contributed by atoms with Crippen LogP contribution < -0.4 is 10.6 Å². The van der Waals surface area contributed by atoms with E-state index in [9.17, 15) is 4.39 Å². The molecule has 0 spiro atoms. The molecule has 0 aliphatic heterocycles. The molecule has 0 aromatic heterocycles. The molecule has 0 bridgehead atoms. The molecule has 24 heavy (non-hydrogen) atoms. The Bertz CT molecular complexity index is 712. The van der Waals surface area contributed by atoms with Gasteiger partial charge in [-0.3, -0.25) is 0 Å². The van der Waals surface area contributed by atoms with Crippen LogP contribution in [0.15, 0.2) is 42.5 Å². The highest BCUT2D eigenvalue weighted by molar-refractivity contribution is 7.80. The van der Waals surface area contributed by atoms with Gasteiger partial charge in [-0.05, 0) is 85.3 Å². The van der Waals surface area contributed by atoms with Crippen molar-refractivity contribution in [1.29, 1.82) is 0 Å². The van der Waals surface area contributed by atoms with Crippen molar-refractivity contribution in [2.45, 2.75) is 45.1 Å². The third kappa shape index (κ3) is 4.12. The summed E-state index contributed by atoms with van der Waals surface area (Å²) in [5, 5.41) is 7.06. The molecule has 3 rings (SSSR count). The molecule has 1 aliphatic carbocycles. The highest BCUT2D eigenvalue weighted by Crippen LogP contribution is 2.26. The molecule has 2 nitrogen and oxygen atoms in total. The van der Waals surface area contributed by atoms with E-state index in [-0.39, 0.29) is 11.9 Å². The highest BCUT2D eigenvalue weighted by atomic mass is 32.1. The maximum Gasteiger partial charge on any atom is 0.171 e. The van der Waals surface area contributed by atoms with Crippen molar-refractivity contribution in [3.63, 3.8) is 0 Å². The molecule has 0 radical (unpaired) electrons. The number of anilines is 1. The number of hydrogen-bond acceptors (Lipinski definition) is 1. The van der Waals surface area contributed by atoms with E-state index in [2.05, 4.69) is 35.8 Å². The van der Waals surface area contributed by atoms with Crippen LogP contribution in [-0.2, 0) is 12.8 Å². The second-order valence-electron chi connectivity index (χ2n) is 6.30. The average molecular weight is 342 g/mol. The minimum atomic E-state index is -0.250. The summed E-state index contributed by atoms with van der Waals surface area (Å²) in [5.74, 6) is -0.250. The smallest absolute Gasteiger partial charge is 0.171 e. The third-order valence-corrected chi connectivity index (χ3v) is 4.81. The molecule has 1 aliphatic rings. The van der Waals surface area contributed by atoms with Gasteiger partial charge < -0.3 is 10.6 Å². The van der Waals surface area contributed by atoms with Crippen molar-refractivity contribution in [1.82, 2.24) is 5.32 Å². The van der Waals surface area contributed by atoms with E-state index in [1.807, 2.05) is 0 Å². The number of benzene rings is 2. The Morgan fingerprint density at radius 2 is 1.79 bits per heavy atom. The molecular weight excluding hydrogens is 319 g/mol. The van der Waals surface area contributed by atoms with E-state index in [4.69, 9.17) is 12.2 Å². The Balaban J connectivity index is 1.67. The first kappa shape index (κ1) is 16.9. The number of thiocarbonyl (C=S) groups is 1. The maximum atomic E-state index is 13.0. The second kappa shape index (κ2) is 7.75. The van der Waals surface area contributed by atoms with Gasteiger partial charge in [0.05, 0.1) is 6.04 Å². The predicted octanol–water partition coefficient (Wildman–Crippen LogP) is 5.14. The zero-order valence-corrected chi connectivity index (χ0v) is 14.8. The minimum Gasteiger partial charge on any atom is -0.356 e. The largest absolute Gasteiger partial charge is 0.356 e. The molecule has 0 saturated heterocycles. The van der Waals surface area contributed by atoms with Crippen LogP contribution in [0.3, 0.4) is 0 Å². The molecule has 126 valence electrons. The summed E-state index contributed by atoms with van der Waals surface area (Å²) in [4.78, 5) is 0. The summed E-state index contributed by atoms with van der Waals surface area (Å²) in [7, 11) is 0. The van der Waals surface area contributed by atoms with E-state index < -0.39 is 0 Å². The van der Waals surface area contributed by atoms with Gasteiger partial charge in [0, 0.05) is 5.69 Å². The Labute approximate surface area is 148 Å². The third-order valence-electron chi connectivity index (χ3n) is 4.59. The normalized spacial score (nSPS) is 14.6. The lowest BCUT2D eigenvalue weighted by Gasteiger charge is -2.23. The first-order chi connectivity index (χ1) is 11.7. The van der Waals surface area contributed by atoms with Gasteiger partial charge in [-0.1, -0.05) is 25.1 Å². The summed E-state index contributed by atoms with van der Waals surface area (Å²) in [6.45, 7) is 2.15. The second-order valence-corrected chi connectivity index (χ2v) is 6.71. The van der Waals surface area contributed by atoms with Crippen LogP contribution in [0.4, 0.5) is 10.1 Å². The predicted molar refractivity (Wildman–Crippen MR) is 102 cm³/mol. The Hall–Kier alpha value is -1.94. The van der Waals surface area contributed by atoms with E-state index in [1.54, 1.807) is 12.1 Å². The van der Waals surface area contributed by atoms with Gasteiger partial charge in [0.25, 0.3) is 0 Å². The fourth-order valence-electron chi connectivity index (χ4n) is 3.25. The number of halogens is 1. The molecule has 0 fully saturated rings. The molecule has 2 aromatic rings. The standard InChI is InChI=1S/C20H23FN2S/c1-2-19(16-8-7-14-5-3-4-6-15(14)13-16)23-20(24)22-18-11-9-17(21)10-12-18/h7-13,19H,2-6H2,1H3,(H2,22,23,24)/t19-/m0/s1. The van der Waals surface area contributed by atoms with Gasteiger partial charge >= 0.3 is 0 Å². The van der Waals surface area contributed by atoms with Gasteiger partial charge in [0.2, 0.25) is 0 Å². The van der Waals surface area contributed by atoms with Crippen molar-refractivity contribution in [2.75, 3.05) is 5.32 Å². The number of rotatable bonds is 4. The summed E-state index contributed by atoms with van der Waals surface area (Å²) in [5.41, 5.74) is 5.04. The Morgan fingerprint density at radius 3 is 2.50 bits per heavy atom. The molecule has 2 N–H and O–H groups in total. The topological polar surface area (TPSA) is 24.1 Å². The summed E-state index contributed by atoms with van der Waals surface area (Å²) in [6, 6.07) is 13.2. The average Bonchev–Trinajstić information content (AvgIpc) is 2.61. The Kier molecular flexibility index (Phi) is 5.46. The molecular formula is C20H23FN2S. The van der Waals surface area contributed by atoms with Crippen LogP contribution in [0.25, 0.3) is 0 Å². The Morgan fingerprint density at radius 1 is 1.08 bits per heavy atom. The van der Waals surface area contributed by atoms with Gasteiger partial charge in [0.1, 0.15) is 5.82 Å². The first-order valence-electron chi connectivity index (χ1n) is 8.60. The summed E-state index contributed by atoms with van der Waals surface area (Å²) < 4.78 is 13.0. The van der Waals surface area contributed by atoms with Gasteiger partial charge in [0.15, 0.2) is 5.11 Å². The van der Waals surface area contributed by atoms with Crippen LogP contribution in [0.5, 0.6) is 0 Å². The maximum absolute atomic E-state index is 13.0. The summed E-state index contributed by atoms with van der Waals surface area (Å²) >= 11 is 5.42. The number of hydrogen-bond donors (Lipinski definition) is 2. The SMILES string of the molecule is CC[C@H](NC(=S)Nc1ccc(F)cc1)c1ccc2c(c1)CCCC2. The minimum absolute atomic E-state index is 0.178. The van der Waals surface area contributed by atoms with Crippen LogP contribution in [0.1, 0.15) is 48.9 Å². The quantitative estimate of drug-likeness (QED) is 0.752. The van der Waals surface area contributed by atoms with Gasteiger partial charge in [-0.25, -0.2) is 4.39 Å². The number of aryl methyl sites for hydroxylation is 2. The zero-order chi connectivity index (χ0) is 16.9. The van der Waals surface area contributed by atoms with E-state index in [0.29, 0.717) is 5.11 Å². The lowest BCUT2D eigenvalue weighted by molar-refractivity contribution is 0.622. The number of nitrogens with one attached hydrogen (secondary N) is 2. The monoisotopic (exact) mass is 342 g/mol. The van der Waals surface area contributed by atoms with Crippen LogP contribution in [0.2, 0.25) is 0 Å². The summed E-state index contributed by atoms with van der Waals surface area (Å²) in [6.07, 6.45) is 5.91. The van der Waals surface area contributed by atoms with Crippen molar-refractivity contribution in [3.05, 3.63) is 65.0 Å². The molecule has 4 heteroatoms. The van der Waals surface area contributed by atoms with Crippen molar-refractivity contribution in [3.8, 4) is 0 Å². The van der Waals surface area contributed by atoms with Crippen molar-refractivity contribution >= 4 is 23.0 Å². The van der Waals surface area contributed by atoms with E-state index in [0.717, 1.165) is 12.1 Å². The zero-order valence-electron chi connectivity index (χ0n) is 13.9. The van der Waals surface area contributed by atoms with Gasteiger partial charge in [-0.2, -0.15) is 0 Å². The molecule has 2 aromatic carbocycles. The highest BCUT2D eigenvalue weighted by Gasteiger charge is 2.15. The fourth-order valence-corrected chi connectivity index (χ4v) is 3.51. The molecule has 1 atom stereocenters. The van der Waals surface area contributed by atoms with E-state index in [1.165, 1.54) is 54.5 Å². The molecule has 0 heterocycles. The lowest BCUT2D eigenvalue weighted by atomic mass is 9.89.